The molecule has 0 aliphatic heterocycles. The quantitative estimate of drug-likeness (QED) is 0.743. The van der Waals surface area contributed by atoms with Crippen molar-refractivity contribution in [2.24, 2.45) is 5.14 Å². The molecule has 1 aromatic heterocycles. The summed E-state index contributed by atoms with van der Waals surface area (Å²) in [6, 6.07) is 4.00. The molecular weight excluding hydrogens is 338 g/mol. The van der Waals surface area contributed by atoms with E-state index in [1.54, 1.807) is 0 Å². The highest BCUT2D eigenvalue weighted by Gasteiger charge is 2.14. The Hall–Kier alpha value is -1.78. The maximum Gasteiger partial charge on any atom is 0.293 e. The van der Waals surface area contributed by atoms with Crippen LogP contribution in [0.3, 0.4) is 0 Å². The largest absolute Gasteiger partial charge is 0.318 e. The molecule has 19 heavy (non-hydrogen) atoms. The van der Waals surface area contributed by atoms with E-state index in [1.807, 2.05) is 0 Å². The third-order valence-electron chi connectivity index (χ3n) is 2.15. The molecule has 0 bridgehead atoms. The number of benzene rings is 1. The summed E-state index contributed by atoms with van der Waals surface area (Å²) in [4.78, 5) is 15.3. The lowest BCUT2D eigenvalue weighted by atomic mass is 10.3. The number of carbonyl (C=O) groups is 1. The average Bonchev–Trinajstić information content (AvgIpc) is 2.84. The Balaban J connectivity index is 2.25. The first-order valence-electron chi connectivity index (χ1n) is 4.87. The molecule has 2 rings (SSSR count). The summed E-state index contributed by atoms with van der Waals surface area (Å²) in [5.74, 6) is -0.455. The number of hydrogen-bond donors (Lipinski definition) is 3. The maximum atomic E-state index is 11.7. The fraction of sp³-hybridized carbons (Fsp3) is 0. The summed E-state index contributed by atoms with van der Waals surface area (Å²) in [6.07, 6.45) is 1.20. The smallest absolute Gasteiger partial charge is 0.293 e. The monoisotopic (exact) mass is 345 g/mol. The number of nitrogens with zero attached hydrogens (tertiary/aromatic N) is 2. The number of primary sulfonamides is 1. The molecule has 0 radical (unpaired) electrons. The number of amides is 1. The van der Waals surface area contributed by atoms with E-state index in [-0.39, 0.29) is 10.7 Å². The number of aromatic amines is 1. The third kappa shape index (κ3) is 3.16. The molecule has 0 aliphatic carbocycles. The van der Waals surface area contributed by atoms with Gasteiger partial charge in [-0.3, -0.25) is 9.89 Å². The van der Waals surface area contributed by atoms with Crippen LogP contribution in [0.2, 0.25) is 0 Å². The second kappa shape index (κ2) is 5.07. The molecular formula is C9H8BrN5O3S. The Morgan fingerprint density at radius 1 is 1.42 bits per heavy atom. The third-order valence-corrected chi connectivity index (χ3v) is 3.71. The van der Waals surface area contributed by atoms with Gasteiger partial charge in [-0.1, -0.05) is 0 Å². The molecule has 0 unspecified atom stereocenters. The first-order chi connectivity index (χ1) is 8.88. The van der Waals surface area contributed by atoms with Crippen molar-refractivity contribution < 1.29 is 13.2 Å². The maximum absolute atomic E-state index is 11.7. The predicted molar refractivity (Wildman–Crippen MR) is 69.9 cm³/mol. The lowest BCUT2D eigenvalue weighted by Gasteiger charge is -2.07. The van der Waals surface area contributed by atoms with Crippen molar-refractivity contribution in [2.75, 3.05) is 5.32 Å². The molecule has 0 saturated heterocycles. The van der Waals surface area contributed by atoms with Gasteiger partial charge in [-0.05, 0) is 34.1 Å². The van der Waals surface area contributed by atoms with E-state index in [2.05, 4.69) is 36.4 Å². The van der Waals surface area contributed by atoms with E-state index in [1.165, 1.54) is 24.5 Å². The van der Waals surface area contributed by atoms with Crippen molar-refractivity contribution in [1.29, 1.82) is 0 Å². The van der Waals surface area contributed by atoms with Crippen LogP contribution in [0, 0.1) is 0 Å². The van der Waals surface area contributed by atoms with Crippen LogP contribution in [0.1, 0.15) is 10.6 Å². The summed E-state index contributed by atoms with van der Waals surface area (Å²) >= 11 is 3.15. The van der Waals surface area contributed by atoms with E-state index < -0.39 is 15.9 Å². The van der Waals surface area contributed by atoms with Gasteiger partial charge in [0.05, 0.1) is 10.6 Å². The van der Waals surface area contributed by atoms with Crippen molar-refractivity contribution in [3.05, 3.63) is 34.8 Å². The van der Waals surface area contributed by atoms with E-state index in [4.69, 9.17) is 5.14 Å². The first kappa shape index (κ1) is 13.6. The molecule has 1 amide bonds. The molecule has 1 aromatic carbocycles. The van der Waals surface area contributed by atoms with Crippen LogP contribution >= 0.6 is 15.9 Å². The standard InChI is InChI=1S/C9H8BrN5O3S/c10-6-3-5(19(11,17)18)1-2-7(6)14-9(16)8-12-4-13-15-8/h1-4H,(H,14,16)(H2,11,17,18)(H,12,13,15). The average molecular weight is 346 g/mol. The molecule has 8 nitrogen and oxygen atoms in total. The van der Waals surface area contributed by atoms with Crippen molar-refractivity contribution in [2.45, 2.75) is 4.90 Å². The van der Waals surface area contributed by atoms with Gasteiger partial charge in [0, 0.05) is 4.47 Å². The normalized spacial score (nSPS) is 11.3. The Labute approximate surface area is 116 Å². The number of rotatable bonds is 3. The van der Waals surface area contributed by atoms with Gasteiger partial charge in [0.2, 0.25) is 15.8 Å². The highest BCUT2D eigenvalue weighted by Crippen LogP contribution is 2.25. The lowest BCUT2D eigenvalue weighted by Crippen LogP contribution is -2.15. The number of hydrogen-bond acceptors (Lipinski definition) is 5. The molecule has 1 heterocycles. The van der Waals surface area contributed by atoms with Crippen LogP contribution in [-0.2, 0) is 10.0 Å². The molecule has 0 spiro atoms. The minimum Gasteiger partial charge on any atom is -0.318 e. The highest BCUT2D eigenvalue weighted by atomic mass is 79.9. The second-order valence-electron chi connectivity index (χ2n) is 3.47. The lowest BCUT2D eigenvalue weighted by molar-refractivity contribution is 0.101. The van der Waals surface area contributed by atoms with Crippen LogP contribution in [0.5, 0.6) is 0 Å². The van der Waals surface area contributed by atoms with Crippen molar-refractivity contribution in [3.8, 4) is 0 Å². The number of H-pyrrole nitrogens is 1. The number of anilines is 1. The van der Waals surface area contributed by atoms with E-state index in [0.29, 0.717) is 10.2 Å². The van der Waals surface area contributed by atoms with E-state index in [0.717, 1.165) is 0 Å². The Morgan fingerprint density at radius 3 is 2.68 bits per heavy atom. The Bertz CT molecular complexity index is 713. The fourth-order valence-corrected chi connectivity index (χ4v) is 2.44. The zero-order valence-electron chi connectivity index (χ0n) is 9.29. The van der Waals surface area contributed by atoms with Gasteiger partial charge < -0.3 is 5.32 Å². The van der Waals surface area contributed by atoms with Crippen LogP contribution in [-0.4, -0.2) is 29.5 Å². The van der Waals surface area contributed by atoms with Gasteiger partial charge in [-0.15, -0.1) is 0 Å². The van der Waals surface area contributed by atoms with Gasteiger partial charge >= 0.3 is 0 Å². The Morgan fingerprint density at radius 2 is 2.16 bits per heavy atom. The van der Waals surface area contributed by atoms with E-state index in [9.17, 15) is 13.2 Å². The predicted octanol–water partition coefficient (Wildman–Crippen LogP) is 0.467. The number of nitrogens with two attached hydrogens (primary N) is 1. The summed E-state index contributed by atoms with van der Waals surface area (Å²) in [5.41, 5.74) is 0.383. The fourth-order valence-electron chi connectivity index (χ4n) is 1.27. The zero-order valence-corrected chi connectivity index (χ0v) is 11.7. The molecule has 100 valence electrons. The van der Waals surface area contributed by atoms with Gasteiger partial charge in [0.25, 0.3) is 5.91 Å². The molecule has 2 aromatic rings. The van der Waals surface area contributed by atoms with Gasteiger partial charge in [-0.25, -0.2) is 18.5 Å². The van der Waals surface area contributed by atoms with Crippen LogP contribution < -0.4 is 10.5 Å². The summed E-state index contributed by atoms with van der Waals surface area (Å²) in [7, 11) is -3.78. The SMILES string of the molecule is NS(=O)(=O)c1ccc(NC(=O)c2ncn[nH]2)c(Br)c1. The summed E-state index contributed by atoms with van der Waals surface area (Å²) in [5, 5.41) is 13.5. The molecule has 0 aliphatic rings. The van der Waals surface area contributed by atoms with Crippen LogP contribution in [0.15, 0.2) is 33.9 Å². The van der Waals surface area contributed by atoms with Crippen LogP contribution in [0.4, 0.5) is 5.69 Å². The number of sulfonamides is 1. The van der Waals surface area contributed by atoms with Gasteiger partial charge in [0.1, 0.15) is 6.33 Å². The molecule has 0 atom stereocenters. The first-order valence-corrected chi connectivity index (χ1v) is 7.21. The van der Waals surface area contributed by atoms with Crippen molar-refractivity contribution in [1.82, 2.24) is 15.2 Å². The summed E-state index contributed by atoms with van der Waals surface area (Å²) < 4.78 is 22.7. The number of aromatic nitrogens is 3. The summed E-state index contributed by atoms with van der Waals surface area (Å²) in [6.45, 7) is 0. The van der Waals surface area contributed by atoms with Gasteiger partial charge in [0.15, 0.2) is 0 Å². The molecule has 0 fully saturated rings. The molecule has 0 saturated carbocycles. The van der Waals surface area contributed by atoms with Crippen molar-refractivity contribution in [3.63, 3.8) is 0 Å². The van der Waals surface area contributed by atoms with Gasteiger partial charge in [-0.2, -0.15) is 5.10 Å². The molecule has 4 N–H and O–H groups in total. The minimum atomic E-state index is -3.78. The second-order valence-corrected chi connectivity index (χ2v) is 5.89. The number of nitrogens with one attached hydrogen (secondary N) is 2. The van der Waals surface area contributed by atoms with E-state index >= 15 is 0 Å². The number of carbonyl (C=O) groups excluding carboxylic acids is 1. The Kier molecular flexibility index (Phi) is 3.64. The zero-order chi connectivity index (χ0) is 14.0. The van der Waals surface area contributed by atoms with Crippen molar-refractivity contribution >= 4 is 37.5 Å². The number of halogens is 1. The minimum absolute atomic E-state index is 0.0439. The van der Waals surface area contributed by atoms with Crippen LogP contribution in [0.25, 0.3) is 0 Å². The topological polar surface area (TPSA) is 131 Å². The highest BCUT2D eigenvalue weighted by molar-refractivity contribution is 9.10. The molecule has 10 heteroatoms.